The van der Waals surface area contributed by atoms with E-state index in [1.54, 1.807) is 23.1 Å². The lowest BCUT2D eigenvalue weighted by Gasteiger charge is -2.30. The predicted octanol–water partition coefficient (Wildman–Crippen LogP) is 5.88. The highest BCUT2D eigenvalue weighted by atomic mass is 32.2. The smallest absolute Gasteiger partial charge is 0.230 e. The molecule has 33 heavy (non-hydrogen) atoms. The van der Waals surface area contributed by atoms with E-state index in [2.05, 4.69) is 45.1 Å². The fourth-order valence-electron chi connectivity index (χ4n) is 3.92. The van der Waals surface area contributed by atoms with Crippen molar-refractivity contribution in [3.8, 4) is 0 Å². The third-order valence-electron chi connectivity index (χ3n) is 5.44. The van der Waals surface area contributed by atoms with Crippen LogP contribution in [0.25, 0.3) is 10.2 Å². The van der Waals surface area contributed by atoms with Crippen molar-refractivity contribution in [2.45, 2.75) is 75.4 Å². The average molecular weight is 502 g/mol. The largest absolute Gasteiger partial charge is 0.370 e. The van der Waals surface area contributed by atoms with Crippen LogP contribution in [0, 0.1) is 0 Å². The van der Waals surface area contributed by atoms with Gasteiger partial charge in [0.25, 0.3) is 0 Å². The molecule has 0 spiro atoms. The van der Waals surface area contributed by atoms with Crippen molar-refractivity contribution in [3.05, 3.63) is 46.3 Å². The fourth-order valence-corrected chi connectivity index (χ4v) is 6.77. The number of nitrogens with zero attached hydrogens (tertiary/aromatic N) is 2. The van der Waals surface area contributed by atoms with E-state index in [1.165, 1.54) is 27.8 Å². The number of nitrogens with one attached hydrogen (secondary N) is 1. The topological polar surface area (TPSA) is 64.1 Å². The van der Waals surface area contributed by atoms with Gasteiger partial charge in [0.05, 0.1) is 18.0 Å². The number of ether oxygens (including phenoxy) is 1. The van der Waals surface area contributed by atoms with Crippen molar-refractivity contribution in [3.63, 3.8) is 0 Å². The summed E-state index contributed by atoms with van der Waals surface area (Å²) in [6.45, 7) is 9.07. The summed E-state index contributed by atoms with van der Waals surface area (Å²) in [6.07, 6.45) is 2.72. The van der Waals surface area contributed by atoms with Gasteiger partial charge in [-0.25, -0.2) is 9.97 Å². The Balaban J connectivity index is 1.51. The fraction of sp³-hybridized carbons (Fsp3) is 0.480. The van der Waals surface area contributed by atoms with Crippen LogP contribution in [-0.2, 0) is 29.0 Å². The molecule has 1 aliphatic heterocycles. The second-order valence-electron chi connectivity index (χ2n) is 9.02. The van der Waals surface area contributed by atoms with Crippen LogP contribution in [0.2, 0.25) is 0 Å². The van der Waals surface area contributed by atoms with Crippen LogP contribution in [0.15, 0.2) is 40.5 Å². The molecule has 176 valence electrons. The highest BCUT2D eigenvalue weighted by Crippen LogP contribution is 2.42. The molecule has 0 radical (unpaired) electrons. The normalized spacial score (nSPS) is 15.9. The molecule has 5 nitrogen and oxygen atoms in total. The van der Waals surface area contributed by atoms with E-state index in [1.807, 2.05) is 18.2 Å². The Kier molecular flexibility index (Phi) is 7.99. The summed E-state index contributed by atoms with van der Waals surface area (Å²) in [6, 6.07) is 10.3. The van der Waals surface area contributed by atoms with Gasteiger partial charge in [-0.2, -0.15) is 0 Å². The Morgan fingerprint density at radius 1 is 1.24 bits per heavy atom. The van der Waals surface area contributed by atoms with E-state index < -0.39 is 0 Å². The van der Waals surface area contributed by atoms with Crippen LogP contribution in [0.3, 0.4) is 0 Å². The lowest BCUT2D eigenvalue weighted by Crippen LogP contribution is -2.35. The second kappa shape index (κ2) is 10.8. The molecule has 0 fully saturated rings. The highest BCUT2D eigenvalue weighted by molar-refractivity contribution is 8.00. The maximum atomic E-state index is 12.7. The minimum atomic E-state index is -0.206. The monoisotopic (exact) mass is 501 g/mol. The average Bonchev–Trinajstić information content (AvgIpc) is 3.13. The summed E-state index contributed by atoms with van der Waals surface area (Å²) in [4.78, 5) is 24.7. The van der Waals surface area contributed by atoms with Gasteiger partial charge in [0.15, 0.2) is 5.16 Å². The Hall–Kier alpha value is -1.61. The number of carbonyl (C=O) groups is 1. The molecule has 8 heteroatoms. The molecule has 0 saturated heterocycles. The molecule has 1 atom stereocenters. The van der Waals surface area contributed by atoms with Crippen LogP contribution in [0.1, 0.15) is 50.1 Å². The van der Waals surface area contributed by atoms with E-state index in [4.69, 9.17) is 14.7 Å². The number of thiophene rings is 1. The van der Waals surface area contributed by atoms with Crippen LogP contribution in [0.4, 0.5) is 0 Å². The van der Waals surface area contributed by atoms with Gasteiger partial charge >= 0.3 is 0 Å². The third kappa shape index (κ3) is 6.29. The maximum Gasteiger partial charge on any atom is 0.230 e. The molecule has 1 N–H and O–H groups in total. The quantitative estimate of drug-likeness (QED) is 0.224. The Bertz CT molecular complexity index is 1120. The molecule has 0 aliphatic carbocycles. The summed E-state index contributed by atoms with van der Waals surface area (Å²) in [5.74, 6) is 1.35. The molecule has 0 unspecified atom stereocenters. The predicted molar refractivity (Wildman–Crippen MR) is 139 cm³/mol. The van der Waals surface area contributed by atoms with Crippen molar-refractivity contribution in [1.82, 2.24) is 15.3 Å². The maximum absolute atomic E-state index is 12.7. The number of fused-ring (bicyclic) bond motifs is 3. The Morgan fingerprint density at radius 3 is 2.79 bits per heavy atom. The zero-order chi connectivity index (χ0) is 23.4. The third-order valence-corrected chi connectivity index (χ3v) is 8.57. The van der Waals surface area contributed by atoms with Gasteiger partial charge in [0, 0.05) is 28.5 Å². The van der Waals surface area contributed by atoms with Crippen molar-refractivity contribution < 1.29 is 9.53 Å². The molecule has 1 amide bonds. The van der Waals surface area contributed by atoms with E-state index in [9.17, 15) is 4.79 Å². The lowest BCUT2D eigenvalue weighted by molar-refractivity contribution is -0.119. The van der Waals surface area contributed by atoms with Crippen LogP contribution < -0.4 is 5.32 Å². The molecular formula is C25H31N3O2S3. The van der Waals surface area contributed by atoms with Gasteiger partial charge in [-0.15, -0.1) is 11.3 Å². The van der Waals surface area contributed by atoms with Crippen molar-refractivity contribution >= 4 is 51.0 Å². The molecule has 3 aromatic rings. The first kappa shape index (κ1) is 24.5. The molecule has 4 rings (SSSR count). The first-order valence-electron chi connectivity index (χ1n) is 11.4. The SMILES string of the molecule is CCCSc1nc(SCC(=O)N[C@@H](C)Cc2ccccc2)c2c3c(sc2n1)COC(C)(C)C3. The second-order valence-corrected chi connectivity index (χ2v) is 12.1. The van der Waals surface area contributed by atoms with E-state index in [-0.39, 0.29) is 17.6 Å². The van der Waals surface area contributed by atoms with Gasteiger partial charge in [0.2, 0.25) is 5.91 Å². The number of hydrogen-bond donors (Lipinski definition) is 1. The molecular weight excluding hydrogens is 470 g/mol. The van der Waals surface area contributed by atoms with Gasteiger partial charge in [-0.1, -0.05) is 60.8 Å². The first-order valence-corrected chi connectivity index (χ1v) is 14.2. The highest BCUT2D eigenvalue weighted by Gasteiger charge is 2.31. The van der Waals surface area contributed by atoms with Crippen LogP contribution >= 0.6 is 34.9 Å². The molecule has 1 aliphatic rings. The van der Waals surface area contributed by atoms with E-state index >= 15 is 0 Å². The minimum Gasteiger partial charge on any atom is -0.370 e. The van der Waals surface area contributed by atoms with Gasteiger partial charge in [-0.05, 0) is 44.7 Å². The van der Waals surface area contributed by atoms with Gasteiger partial charge < -0.3 is 10.1 Å². The number of amides is 1. The Labute approximate surface area is 208 Å². The lowest BCUT2D eigenvalue weighted by atomic mass is 9.95. The van der Waals surface area contributed by atoms with E-state index in [0.29, 0.717) is 12.4 Å². The van der Waals surface area contributed by atoms with Gasteiger partial charge in [-0.3, -0.25) is 4.79 Å². The van der Waals surface area contributed by atoms with Gasteiger partial charge in [0.1, 0.15) is 9.86 Å². The Morgan fingerprint density at radius 2 is 2.03 bits per heavy atom. The number of aromatic nitrogens is 2. The van der Waals surface area contributed by atoms with E-state index in [0.717, 1.165) is 45.4 Å². The summed E-state index contributed by atoms with van der Waals surface area (Å²) in [7, 11) is 0. The summed E-state index contributed by atoms with van der Waals surface area (Å²) in [5, 5.41) is 5.96. The summed E-state index contributed by atoms with van der Waals surface area (Å²) >= 11 is 4.91. The van der Waals surface area contributed by atoms with Crippen LogP contribution in [0.5, 0.6) is 0 Å². The number of hydrogen-bond acceptors (Lipinski definition) is 7. The zero-order valence-electron chi connectivity index (χ0n) is 19.6. The van der Waals surface area contributed by atoms with Crippen molar-refractivity contribution in [1.29, 1.82) is 0 Å². The van der Waals surface area contributed by atoms with Crippen LogP contribution in [-0.4, -0.2) is 39.0 Å². The first-order chi connectivity index (χ1) is 15.8. The van der Waals surface area contributed by atoms with Crippen molar-refractivity contribution in [2.75, 3.05) is 11.5 Å². The number of carbonyl (C=O) groups excluding carboxylic acids is 1. The molecule has 0 bridgehead atoms. The molecule has 1 aromatic carbocycles. The number of rotatable bonds is 9. The minimum absolute atomic E-state index is 0.0331. The number of thioether (sulfide) groups is 2. The summed E-state index contributed by atoms with van der Waals surface area (Å²) in [5.41, 5.74) is 2.31. The standard InChI is InChI=1S/C25H31N3O2S3/c1-5-11-31-24-27-22(21-18-13-25(3,4)30-14-19(18)33-23(21)28-24)32-15-20(29)26-16(2)12-17-9-7-6-8-10-17/h6-10,16H,5,11-15H2,1-4H3,(H,26,29)/t16-/m0/s1. The number of benzene rings is 1. The molecule has 0 saturated carbocycles. The summed E-state index contributed by atoms with van der Waals surface area (Å²) < 4.78 is 6.03. The zero-order valence-corrected chi connectivity index (χ0v) is 22.1. The molecule has 2 aromatic heterocycles. The van der Waals surface area contributed by atoms with Crippen molar-refractivity contribution in [2.24, 2.45) is 0 Å². The molecule has 3 heterocycles.